The number of hydrogen-bond acceptors (Lipinski definition) is 2. The van der Waals surface area contributed by atoms with E-state index < -0.39 is 11.5 Å². The summed E-state index contributed by atoms with van der Waals surface area (Å²) in [7, 11) is 0. The van der Waals surface area contributed by atoms with Gasteiger partial charge in [0.25, 0.3) is 5.91 Å². The summed E-state index contributed by atoms with van der Waals surface area (Å²) in [6.07, 6.45) is 0. The van der Waals surface area contributed by atoms with Crippen molar-refractivity contribution in [3.05, 3.63) is 28.8 Å². The van der Waals surface area contributed by atoms with Crippen molar-refractivity contribution in [1.82, 2.24) is 0 Å². The summed E-state index contributed by atoms with van der Waals surface area (Å²) < 4.78 is 0. The highest BCUT2D eigenvalue weighted by atomic mass is 35.5. The molecule has 0 unspecified atom stereocenters. The normalized spacial score (nSPS) is 11.3. The van der Waals surface area contributed by atoms with Gasteiger partial charge in [0.05, 0.1) is 10.7 Å². The minimum atomic E-state index is -1.41. The molecule has 4 heteroatoms. The second kappa shape index (κ2) is 4.21. The first-order valence-corrected chi connectivity index (χ1v) is 4.99. The quantitative estimate of drug-likeness (QED) is 0.815. The van der Waals surface area contributed by atoms with E-state index in [2.05, 4.69) is 5.32 Å². The lowest BCUT2D eigenvalue weighted by Gasteiger charge is -2.18. The number of para-hydroxylation sites is 1. The lowest BCUT2D eigenvalue weighted by Crippen LogP contribution is -2.36. The number of rotatable bonds is 2. The highest BCUT2D eigenvalue weighted by Crippen LogP contribution is 2.25. The summed E-state index contributed by atoms with van der Waals surface area (Å²) >= 11 is 5.93. The molecule has 3 nitrogen and oxygen atoms in total. The van der Waals surface area contributed by atoms with Crippen molar-refractivity contribution in [3.8, 4) is 0 Å². The Balaban J connectivity index is 2.95. The lowest BCUT2D eigenvalue weighted by atomic mass is 10.1. The number of aliphatic hydroxyl groups is 1. The molecule has 0 spiro atoms. The number of carbonyl (C=O) groups excluding carboxylic acids is 1. The molecule has 1 aromatic carbocycles. The first kappa shape index (κ1) is 12.0. The van der Waals surface area contributed by atoms with E-state index in [0.717, 1.165) is 5.56 Å². The van der Waals surface area contributed by atoms with E-state index in [-0.39, 0.29) is 0 Å². The number of halogens is 1. The second-order valence-corrected chi connectivity index (χ2v) is 4.35. The third-order valence-electron chi connectivity index (χ3n) is 2.02. The van der Waals surface area contributed by atoms with Crippen molar-refractivity contribution in [3.63, 3.8) is 0 Å². The molecule has 2 N–H and O–H groups in total. The lowest BCUT2D eigenvalue weighted by molar-refractivity contribution is -0.130. The number of hydrogen-bond donors (Lipinski definition) is 2. The Hall–Kier alpha value is -1.06. The van der Waals surface area contributed by atoms with Crippen LogP contribution in [0.25, 0.3) is 0 Å². The SMILES string of the molecule is Cc1cccc(Cl)c1NC(=O)C(C)(C)O. The summed E-state index contributed by atoms with van der Waals surface area (Å²) in [5, 5.41) is 12.5. The first-order valence-electron chi connectivity index (χ1n) is 4.61. The summed E-state index contributed by atoms with van der Waals surface area (Å²) in [4.78, 5) is 11.5. The number of carbonyl (C=O) groups is 1. The number of aryl methyl sites for hydroxylation is 1. The van der Waals surface area contributed by atoms with Crippen LogP contribution >= 0.6 is 11.6 Å². The van der Waals surface area contributed by atoms with Gasteiger partial charge in [-0.25, -0.2) is 0 Å². The predicted octanol–water partition coefficient (Wildman–Crippen LogP) is 2.36. The molecule has 0 saturated heterocycles. The van der Waals surface area contributed by atoms with Gasteiger partial charge in [-0.3, -0.25) is 4.79 Å². The van der Waals surface area contributed by atoms with Crippen molar-refractivity contribution in [2.75, 3.05) is 5.32 Å². The minimum Gasteiger partial charge on any atom is -0.381 e. The number of nitrogens with one attached hydrogen (secondary N) is 1. The van der Waals surface area contributed by atoms with Crippen LogP contribution in [-0.2, 0) is 4.79 Å². The van der Waals surface area contributed by atoms with E-state index in [4.69, 9.17) is 11.6 Å². The molecule has 0 bridgehead atoms. The third-order valence-corrected chi connectivity index (χ3v) is 2.33. The molecule has 0 radical (unpaired) electrons. The maximum Gasteiger partial charge on any atom is 0.255 e. The van der Waals surface area contributed by atoms with Crippen LogP contribution in [0.3, 0.4) is 0 Å². The Labute approximate surface area is 94.1 Å². The fraction of sp³-hybridized carbons (Fsp3) is 0.364. The highest BCUT2D eigenvalue weighted by molar-refractivity contribution is 6.34. The van der Waals surface area contributed by atoms with Gasteiger partial charge in [-0.1, -0.05) is 23.7 Å². The Kier molecular flexibility index (Phi) is 3.37. The Morgan fingerprint density at radius 3 is 2.53 bits per heavy atom. The highest BCUT2D eigenvalue weighted by Gasteiger charge is 2.24. The molecule has 1 aromatic rings. The Morgan fingerprint density at radius 2 is 2.07 bits per heavy atom. The zero-order valence-electron chi connectivity index (χ0n) is 8.97. The van der Waals surface area contributed by atoms with Crippen LogP contribution in [0.4, 0.5) is 5.69 Å². The van der Waals surface area contributed by atoms with Crippen molar-refractivity contribution in [2.24, 2.45) is 0 Å². The fourth-order valence-electron chi connectivity index (χ4n) is 1.06. The molecule has 82 valence electrons. The van der Waals surface area contributed by atoms with E-state index in [9.17, 15) is 9.90 Å². The molecular weight excluding hydrogens is 214 g/mol. The molecule has 0 saturated carbocycles. The molecule has 1 rings (SSSR count). The van der Waals surface area contributed by atoms with Gasteiger partial charge in [0.2, 0.25) is 0 Å². The zero-order chi connectivity index (χ0) is 11.6. The largest absolute Gasteiger partial charge is 0.381 e. The smallest absolute Gasteiger partial charge is 0.255 e. The van der Waals surface area contributed by atoms with Crippen molar-refractivity contribution >= 4 is 23.2 Å². The van der Waals surface area contributed by atoms with Gasteiger partial charge < -0.3 is 10.4 Å². The van der Waals surface area contributed by atoms with Gasteiger partial charge in [-0.2, -0.15) is 0 Å². The van der Waals surface area contributed by atoms with Gasteiger partial charge in [-0.15, -0.1) is 0 Å². The van der Waals surface area contributed by atoms with E-state index >= 15 is 0 Å². The predicted molar refractivity (Wildman–Crippen MR) is 61.1 cm³/mol. The molecule has 0 aliphatic rings. The van der Waals surface area contributed by atoms with Gasteiger partial charge in [-0.05, 0) is 32.4 Å². The van der Waals surface area contributed by atoms with E-state index in [1.54, 1.807) is 12.1 Å². The van der Waals surface area contributed by atoms with Crippen LogP contribution in [0.2, 0.25) is 5.02 Å². The van der Waals surface area contributed by atoms with Crippen LogP contribution in [0, 0.1) is 6.92 Å². The maximum absolute atomic E-state index is 11.5. The summed E-state index contributed by atoms with van der Waals surface area (Å²) in [6, 6.07) is 5.33. The number of benzene rings is 1. The van der Waals surface area contributed by atoms with Crippen LogP contribution in [0.1, 0.15) is 19.4 Å². The van der Waals surface area contributed by atoms with Gasteiger partial charge in [0, 0.05) is 0 Å². The molecule has 0 fully saturated rings. The van der Waals surface area contributed by atoms with Crippen molar-refractivity contribution in [2.45, 2.75) is 26.4 Å². The van der Waals surface area contributed by atoms with Crippen LogP contribution < -0.4 is 5.32 Å². The average Bonchev–Trinajstić information content (AvgIpc) is 2.09. The monoisotopic (exact) mass is 227 g/mol. The number of anilines is 1. The summed E-state index contributed by atoms with van der Waals surface area (Å²) in [5.74, 6) is -0.473. The van der Waals surface area contributed by atoms with E-state index in [0.29, 0.717) is 10.7 Å². The fourth-order valence-corrected chi connectivity index (χ4v) is 1.33. The van der Waals surface area contributed by atoms with E-state index in [1.165, 1.54) is 13.8 Å². The average molecular weight is 228 g/mol. The molecule has 0 aromatic heterocycles. The first-order chi connectivity index (χ1) is 6.82. The second-order valence-electron chi connectivity index (χ2n) is 3.94. The van der Waals surface area contributed by atoms with E-state index in [1.807, 2.05) is 13.0 Å². The standard InChI is InChI=1S/C11H14ClNO2/c1-7-5-4-6-8(12)9(7)13-10(14)11(2,3)15/h4-6,15H,1-3H3,(H,13,14). The topological polar surface area (TPSA) is 49.3 Å². The van der Waals surface area contributed by atoms with Gasteiger partial charge in [0.1, 0.15) is 5.60 Å². The summed E-state index contributed by atoms with van der Waals surface area (Å²) in [5.41, 5.74) is -0.00240. The number of amides is 1. The van der Waals surface area contributed by atoms with Crippen molar-refractivity contribution in [1.29, 1.82) is 0 Å². The maximum atomic E-state index is 11.5. The van der Waals surface area contributed by atoms with Gasteiger partial charge in [0.15, 0.2) is 0 Å². The molecule has 0 heterocycles. The molecular formula is C11H14ClNO2. The molecule has 15 heavy (non-hydrogen) atoms. The third kappa shape index (κ3) is 2.94. The molecule has 0 aliphatic carbocycles. The Morgan fingerprint density at radius 1 is 1.47 bits per heavy atom. The Bertz CT molecular complexity index is 362. The zero-order valence-corrected chi connectivity index (χ0v) is 9.72. The van der Waals surface area contributed by atoms with Crippen LogP contribution in [0.5, 0.6) is 0 Å². The van der Waals surface area contributed by atoms with Crippen molar-refractivity contribution < 1.29 is 9.90 Å². The molecule has 1 amide bonds. The summed E-state index contributed by atoms with van der Waals surface area (Å²) in [6.45, 7) is 4.69. The van der Waals surface area contributed by atoms with Gasteiger partial charge >= 0.3 is 0 Å². The van der Waals surface area contributed by atoms with Crippen LogP contribution in [0.15, 0.2) is 18.2 Å². The molecule has 0 atom stereocenters. The minimum absolute atomic E-state index is 0.465. The molecule has 0 aliphatic heterocycles. The van der Waals surface area contributed by atoms with Crippen LogP contribution in [-0.4, -0.2) is 16.6 Å².